The van der Waals surface area contributed by atoms with E-state index in [1.165, 1.54) is 7.11 Å². The Morgan fingerprint density at radius 3 is 2.40 bits per heavy atom. The van der Waals surface area contributed by atoms with Gasteiger partial charge < -0.3 is 9.30 Å². The molecule has 1 rings (SSSR count). The van der Waals surface area contributed by atoms with Gasteiger partial charge in [-0.25, -0.2) is 0 Å². The fourth-order valence-electron chi connectivity index (χ4n) is 1.36. The van der Waals surface area contributed by atoms with E-state index in [0.717, 1.165) is 5.30 Å². The van der Waals surface area contributed by atoms with E-state index in [1.54, 1.807) is 12.1 Å². The highest BCUT2D eigenvalue weighted by atomic mass is 31.2. The Bertz CT molecular complexity index is 373. The molecule has 1 unspecified atom stereocenters. The molecule has 0 spiro atoms. The minimum absolute atomic E-state index is 0.00991. The number of ether oxygens (including phenoxy) is 1. The molecule has 4 heteroatoms. The van der Waals surface area contributed by atoms with Crippen molar-refractivity contribution in [2.45, 2.75) is 6.92 Å². The first kappa shape index (κ1) is 12.0. The lowest BCUT2D eigenvalue weighted by Gasteiger charge is -2.15. The van der Waals surface area contributed by atoms with Crippen molar-refractivity contribution in [3.8, 4) is 0 Å². The fourth-order valence-corrected chi connectivity index (χ4v) is 3.39. The van der Waals surface area contributed by atoms with E-state index in [-0.39, 0.29) is 6.16 Å². The number of carbonyl (C=O) groups excluding carboxylic acids is 1. The second kappa shape index (κ2) is 5.13. The van der Waals surface area contributed by atoms with Gasteiger partial charge in [0.1, 0.15) is 13.3 Å². The summed E-state index contributed by atoms with van der Waals surface area (Å²) in [6.07, 6.45) is 0.468. The van der Waals surface area contributed by atoms with Crippen molar-refractivity contribution in [1.29, 1.82) is 0 Å². The van der Waals surface area contributed by atoms with Crippen molar-refractivity contribution in [3.05, 3.63) is 30.3 Å². The molecule has 0 aliphatic heterocycles. The summed E-state index contributed by atoms with van der Waals surface area (Å²) in [7, 11) is -1.29. The molecule has 1 aromatic carbocycles. The summed E-state index contributed by atoms with van der Waals surface area (Å²) in [6, 6.07) is 9.12. The highest BCUT2D eigenvalue weighted by Gasteiger charge is 2.26. The first-order valence-corrected chi connectivity index (χ1v) is 6.90. The van der Waals surface area contributed by atoms with Crippen LogP contribution in [-0.4, -0.2) is 25.4 Å². The number of rotatable bonds is 4. The molecule has 82 valence electrons. The van der Waals surface area contributed by atoms with Gasteiger partial charge in [0.05, 0.1) is 7.11 Å². The Morgan fingerprint density at radius 1 is 1.33 bits per heavy atom. The van der Waals surface area contributed by atoms with Crippen molar-refractivity contribution < 1.29 is 14.1 Å². The maximum atomic E-state index is 12.5. The van der Waals surface area contributed by atoms with Gasteiger partial charge in [0.2, 0.25) is 0 Å². The van der Waals surface area contributed by atoms with E-state index >= 15 is 0 Å². The van der Waals surface area contributed by atoms with Crippen molar-refractivity contribution >= 4 is 18.4 Å². The third-order valence-corrected chi connectivity index (χ3v) is 5.38. The van der Waals surface area contributed by atoms with Crippen LogP contribution in [0.4, 0.5) is 0 Å². The van der Waals surface area contributed by atoms with Crippen molar-refractivity contribution in [2.24, 2.45) is 0 Å². The van der Waals surface area contributed by atoms with Gasteiger partial charge in [-0.2, -0.15) is 0 Å². The molecule has 0 aliphatic rings. The molecule has 0 aliphatic carbocycles. The zero-order valence-corrected chi connectivity index (χ0v) is 9.87. The number of benzene rings is 1. The van der Waals surface area contributed by atoms with Crippen LogP contribution in [0.25, 0.3) is 0 Å². The van der Waals surface area contributed by atoms with Crippen LogP contribution in [0.2, 0.25) is 0 Å². The lowest BCUT2D eigenvalue weighted by atomic mass is 10.4. The summed E-state index contributed by atoms with van der Waals surface area (Å²) in [5.41, 5.74) is 0. The molecule has 1 aromatic rings. The Hall–Kier alpha value is -1.08. The smallest absolute Gasteiger partial charge is 0.313 e. The van der Waals surface area contributed by atoms with Gasteiger partial charge in [-0.3, -0.25) is 4.79 Å². The minimum atomic E-state index is -2.60. The zero-order chi connectivity index (χ0) is 11.3. The topological polar surface area (TPSA) is 43.4 Å². The quantitative estimate of drug-likeness (QED) is 0.581. The lowest BCUT2D eigenvalue weighted by molar-refractivity contribution is -0.137. The van der Waals surface area contributed by atoms with Gasteiger partial charge in [-0.05, 0) is 0 Å². The molecular weight excluding hydrogens is 211 g/mol. The standard InChI is InChI=1S/C11H15O3P/c1-3-15(13,9-11(12)14-2)10-7-5-4-6-8-10/h4-8H,3,9H2,1-2H3. The highest BCUT2D eigenvalue weighted by Crippen LogP contribution is 2.43. The monoisotopic (exact) mass is 226 g/mol. The van der Waals surface area contributed by atoms with Gasteiger partial charge in [-0.1, -0.05) is 37.3 Å². The van der Waals surface area contributed by atoms with Crippen LogP contribution in [0.15, 0.2) is 30.3 Å². The summed E-state index contributed by atoms with van der Waals surface area (Å²) >= 11 is 0. The van der Waals surface area contributed by atoms with E-state index in [4.69, 9.17) is 0 Å². The largest absolute Gasteiger partial charge is 0.469 e. The van der Waals surface area contributed by atoms with Crippen LogP contribution in [-0.2, 0) is 14.1 Å². The summed E-state index contributed by atoms with van der Waals surface area (Å²) in [4.78, 5) is 11.2. The van der Waals surface area contributed by atoms with Crippen LogP contribution in [0.5, 0.6) is 0 Å². The molecule has 0 aromatic heterocycles. The Kier molecular flexibility index (Phi) is 4.10. The maximum Gasteiger partial charge on any atom is 0.313 e. The number of esters is 1. The summed E-state index contributed by atoms with van der Waals surface area (Å²) in [5.74, 6) is -0.413. The molecule has 1 atom stereocenters. The van der Waals surface area contributed by atoms with E-state index in [2.05, 4.69) is 4.74 Å². The van der Waals surface area contributed by atoms with Gasteiger partial charge in [0.15, 0.2) is 0 Å². The van der Waals surface area contributed by atoms with Crippen molar-refractivity contribution in [2.75, 3.05) is 19.4 Å². The van der Waals surface area contributed by atoms with Crippen LogP contribution < -0.4 is 5.30 Å². The average molecular weight is 226 g/mol. The molecule has 15 heavy (non-hydrogen) atoms. The SMILES string of the molecule is CCP(=O)(CC(=O)OC)c1ccccc1. The van der Waals surface area contributed by atoms with E-state index < -0.39 is 13.1 Å². The van der Waals surface area contributed by atoms with Gasteiger partial charge in [-0.15, -0.1) is 0 Å². The lowest BCUT2D eigenvalue weighted by Crippen LogP contribution is -2.16. The third kappa shape index (κ3) is 2.93. The van der Waals surface area contributed by atoms with Gasteiger partial charge in [0, 0.05) is 11.5 Å². The molecule has 0 radical (unpaired) electrons. The van der Waals surface area contributed by atoms with E-state index in [9.17, 15) is 9.36 Å². The fraction of sp³-hybridized carbons (Fsp3) is 0.364. The normalized spacial score (nSPS) is 14.3. The van der Waals surface area contributed by atoms with Gasteiger partial charge in [0.25, 0.3) is 0 Å². The van der Waals surface area contributed by atoms with Crippen LogP contribution >= 0.6 is 7.14 Å². The number of carbonyl (C=O) groups is 1. The second-order valence-corrected chi connectivity index (χ2v) is 6.52. The first-order valence-electron chi connectivity index (χ1n) is 4.83. The molecule has 0 amide bonds. The Morgan fingerprint density at radius 2 is 1.93 bits per heavy atom. The Labute approximate surface area is 89.8 Å². The first-order chi connectivity index (χ1) is 7.12. The maximum absolute atomic E-state index is 12.5. The minimum Gasteiger partial charge on any atom is -0.469 e. The molecule has 0 fully saturated rings. The predicted molar refractivity (Wildman–Crippen MR) is 61.1 cm³/mol. The number of hydrogen-bond acceptors (Lipinski definition) is 3. The van der Waals surface area contributed by atoms with Crippen molar-refractivity contribution in [1.82, 2.24) is 0 Å². The summed E-state index contributed by atoms with van der Waals surface area (Å²) in [5, 5.41) is 0.748. The third-order valence-electron chi connectivity index (χ3n) is 2.35. The molecule has 0 saturated heterocycles. The van der Waals surface area contributed by atoms with Gasteiger partial charge >= 0.3 is 5.97 Å². The second-order valence-electron chi connectivity index (χ2n) is 3.28. The molecular formula is C11H15O3P. The summed E-state index contributed by atoms with van der Waals surface area (Å²) in [6.45, 7) is 1.83. The van der Waals surface area contributed by atoms with Crippen LogP contribution in [0, 0.1) is 0 Å². The predicted octanol–water partition coefficient (Wildman–Crippen LogP) is 1.87. The Balaban J connectivity index is 2.96. The average Bonchev–Trinajstić information content (AvgIpc) is 2.30. The molecule has 0 heterocycles. The molecule has 3 nitrogen and oxygen atoms in total. The molecule has 0 saturated carbocycles. The number of hydrogen-bond donors (Lipinski definition) is 0. The summed E-state index contributed by atoms with van der Waals surface area (Å²) < 4.78 is 17.0. The van der Waals surface area contributed by atoms with Crippen molar-refractivity contribution in [3.63, 3.8) is 0 Å². The molecule has 0 bridgehead atoms. The van der Waals surface area contributed by atoms with E-state index in [1.807, 2.05) is 25.1 Å². The molecule has 0 N–H and O–H groups in total. The zero-order valence-electron chi connectivity index (χ0n) is 8.97. The van der Waals surface area contributed by atoms with Crippen LogP contribution in [0.1, 0.15) is 6.92 Å². The highest BCUT2D eigenvalue weighted by molar-refractivity contribution is 7.72. The number of methoxy groups -OCH3 is 1. The van der Waals surface area contributed by atoms with Crippen LogP contribution in [0.3, 0.4) is 0 Å². The van der Waals surface area contributed by atoms with E-state index in [0.29, 0.717) is 6.16 Å².